The third kappa shape index (κ3) is 4.22. The molecule has 7 heteroatoms. The predicted octanol–water partition coefficient (Wildman–Crippen LogP) is 2.91. The van der Waals surface area contributed by atoms with Crippen molar-refractivity contribution in [1.82, 2.24) is 0 Å². The average Bonchev–Trinajstić information content (AvgIpc) is 3.01. The molecule has 1 N–H and O–H groups in total. The van der Waals surface area contributed by atoms with Crippen LogP contribution in [0.3, 0.4) is 0 Å². The Balaban J connectivity index is 2.02. The highest BCUT2D eigenvalue weighted by atomic mass is 32.1. The van der Waals surface area contributed by atoms with E-state index in [4.69, 9.17) is 20.0 Å². The lowest BCUT2D eigenvalue weighted by Crippen LogP contribution is -2.20. The summed E-state index contributed by atoms with van der Waals surface area (Å²) >= 11 is 1.27. The van der Waals surface area contributed by atoms with Crippen LogP contribution in [0.25, 0.3) is 0 Å². The second-order valence-electron chi connectivity index (χ2n) is 4.32. The van der Waals surface area contributed by atoms with Gasteiger partial charge in [-0.25, -0.2) is 0 Å². The first kappa shape index (κ1) is 16.3. The Morgan fingerprint density at radius 3 is 2.74 bits per heavy atom. The van der Waals surface area contributed by atoms with E-state index in [0.29, 0.717) is 34.2 Å². The number of thiophene rings is 1. The van der Waals surface area contributed by atoms with Gasteiger partial charge in [0.15, 0.2) is 18.1 Å². The van der Waals surface area contributed by atoms with Crippen LogP contribution in [0.5, 0.6) is 11.5 Å². The largest absolute Gasteiger partial charge is 0.490 e. The van der Waals surface area contributed by atoms with Crippen molar-refractivity contribution in [3.63, 3.8) is 0 Å². The van der Waals surface area contributed by atoms with E-state index in [1.165, 1.54) is 11.3 Å². The zero-order chi connectivity index (χ0) is 16.7. The normalized spacial score (nSPS) is 9.52. The summed E-state index contributed by atoms with van der Waals surface area (Å²) in [5.41, 5.74) is 0.860. The topological polar surface area (TPSA) is 95.1 Å². The van der Waals surface area contributed by atoms with Crippen molar-refractivity contribution in [3.05, 3.63) is 40.8 Å². The van der Waals surface area contributed by atoms with Gasteiger partial charge >= 0.3 is 0 Å². The van der Waals surface area contributed by atoms with E-state index in [-0.39, 0.29) is 12.5 Å². The molecule has 0 aliphatic carbocycles. The quantitative estimate of drug-likeness (QED) is 0.880. The van der Waals surface area contributed by atoms with Crippen LogP contribution in [0, 0.1) is 22.7 Å². The van der Waals surface area contributed by atoms with E-state index >= 15 is 0 Å². The maximum absolute atomic E-state index is 11.9. The van der Waals surface area contributed by atoms with Gasteiger partial charge in [0.25, 0.3) is 5.91 Å². The Morgan fingerprint density at radius 2 is 2.04 bits per heavy atom. The molecule has 0 atom stereocenters. The maximum Gasteiger partial charge on any atom is 0.262 e. The summed E-state index contributed by atoms with van der Waals surface area (Å²) in [6.45, 7) is 2.00. The standard InChI is InChI=1S/C16H13N3O3S/c1-2-21-14-7-11(8-17)3-4-13(14)22-10-15(20)19-16-12(9-18)5-6-23-16/h3-7H,2,10H2,1H3,(H,19,20). The summed E-state index contributed by atoms with van der Waals surface area (Å²) in [6, 6.07) is 10.4. The summed E-state index contributed by atoms with van der Waals surface area (Å²) in [6.07, 6.45) is 0. The summed E-state index contributed by atoms with van der Waals surface area (Å²) in [5, 5.41) is 22.6. The first-order valence-corrected chi connectivity index (χ1v) is 7.63. The molecule has 1 heterocycles. The highest BCUT2D eigenvalue weighted by molar-refractivity contribution is 7.14. The molecule has 0 aliphatic rings. The number of hydrogen-bond acceptors (Lipinski definition) is 6. The van der Waals surface area contributed by atoms with E-state index in [2.05, 4.69) is 5.32 Å². The van der Waals surface area contributed by atoms with Gasteiger partial charge in [-0.2, -0.15) is 10.5 Å². The van der Waals surface area contributed by atoms with Gasteiger partial charge in [-0.15, -0.1) is 11.3 Å². The molecule has 2 rings (SSSR count). The number of nitrogens with one attached hydrogen (secondary N) is 1. The molecule has 0 saturated carbocycles. The first-order valence-electron chi connectivity index (χ1n) is 6.75. The van der Waals surface area contributed by atoms with Crippen molar-refractivity contribution < 1.29 is 14.3 Å². The zero-order valence-electron chi connectivity index (χ0n) is 12.3. The monoisotopic (exact) mass is 327 g/mol. The Labute approximate surface area is 137 Å². The Kier molecular flexibility index (Phi) is 5.56. The van der Waals surface area contributed by atoms with Gasteiger partial charge in [-0.3, -0.25) is 4.79 Å². The molecule has 6 nitrogen and oxygen atoms in total. The van der Waals surface area contributed by atoms with Crippen molar-refractivity contribution in [2.24, 2.45) is 0 Å². The van der Waals surface area contributed by atoms with E-state index in [0.717, 1.165) is 0 Å². The molecule has 0 saturated heterocycles. The van der Waals surface area contributed by atoms with Crippen LogP contribution in [0.15, 0.2) is 29.6 Å². The lowest BCUT2D eigenvalue weighted by molar-refractivity contribution is -0.118. The van der Waals surface area contributed by atoms with E-state index < -0.39 is 0 Å². The highest BCUT2D eigenvalue weighted by Crippen LogP contribution is 2.28. The Hall–Kier alpha value is -3.03. The second-order valence-corrected chi connectivity index (χ2v) is 5.23. The fraction of sp³-hybridized carbons (Fsp3) is 0.188. The molecule has 0 aliphatic heterocycles. The molecule has 0 unspecified atom stereocenters. The van der Waals surface area contributed by atoms with Crippen LogP contribution in [-0.2, 0) is 4.79 Å². The molecule has 0 spiro atoms. The number of anilines is 1. The molecular weight excluding hydrogens is 314 g/mol. The van der Waals surface area contributed by atoms with Crippen molar-refractivity contribution >= 4 is 22.2 Å². The summed E-state index contributed by atoms with van der Waals surface area (Å²) in [4.78, 5) is 11.9. The second kappa shape index (κ2) is 7.83. The number of carbonyl (C=O) groups excluding carboxylic acids is 1. The van der Waals surface area contributed by atoms with Gasteiger partial charge in [0.1, 0.15) is 11.1 Å². The number of benzene rings is 1. The third-order valence-electron chi connectivity index (χ3n) is 2.77. The van der Waals surface area contributed by atoms with Crippen LogP contribution >= 0.6 is 11.3 Å². The van der Waals surface area contributed by atoms with Crippen molar-refractivity contribution in [2.75, 3.05) is 18.5 Å². The highest BCUT2D eigenvalue weighted by Gasteiger charge is 2.11. The molecule has 2 aromatic rings. The van der Waals surface area contributed by atoms with Crippen LogP contribution in [0.2, 0.25) is 0 Å². The number of carbonyl (C=O) groups is 1. The van der Waals surface area contributed by atoms with Crippen LogP contribution < -0.4 is 14.8 Å². The summed E-state index contributed by atoms with van der Waals surface area (Å²) in [7, 11) is 0. The number of rotatable bonds is 6. The summed E-state index contributed by atoms with van der Waals surface area (Å²) in [5.74, 6) is 0.414. The van der Waals surface area contributed by atoms with Crippen LogP contribution in [0.1, 0.15) is 18.1 Å². The zero-order valence-corrected chi connectivity index (χ0v) is 13.1. The van der Waals surface area contributed by atoms with E-state index in [9.17, 15) is 4.79 Å². The molecule has 1 aromatic heterocycles. The van der Waals surface area contributed by atoms with Gasteiger partial charge in [0, 0.05) is 6.07 Å². The first-order chi connectivity index (χ1) is 11.2. The minimum Gasteiger partial charge on any atom is -0.490 e. The van der Waals surface area contributed by atoms with Crippen molar-refractivity contribution in [1.29, 1.82) is 10.5 Å². The summed E-state index contributed by atoms with van der Waals surface area (Å²) < 4.78 is 10.9. The van der Waals surface area contributed by atoms with Crippen molar-refractivity contribution in [2.45, 2.75) is 6.92 Å². The molecule has 1 amide bonds. The molecule has 1 aromatic carbocycles. The molecule has 116 valence electrons. The number of nitrogens with zero attached hydrogens (tertiary/aromatic N) is 2. The minimum atomic E-state index is -0.379. The molecular formula is C16H13N3O3S. The third-order valence-corrected chi connectivity index (χ3v) is 3.60. The van der Waals surface area contributed by atoms with Gasteiger partial charge in [0.05, 0.1) is 23.8 Å². The molecule has 0 radical (unpaired) electrons. The maximum atomic E-state index is 11.9. The lowest BCUT2D eigenvalue weighted by atomic mass is 10.2. The fourth-order valence-electron chi connectivity index (χ4n) is 1.77. The number of ether oxygens (including phenoxy) is 2. The molecule has 0 bridgehead atoms. The predicted molar refractivity (Wildman–Crippen MR) is 85.5 cm³/mol. The molecule has 23 heavy (non-hydrogen) atoms. The number of amides is 1. The van der Waals surface area contributed by atoms with Gasteiger partial charge in [-0.1, -0.05) is 0 Å². The van der Waals surface area contributed by atoms with E-state index in [1.54, 1.807) is 29.6 Å². The van der Waals surface area contributed by atoms with Gasteiger partial charge < -0.3 is 14.8 Å². The van der Waals surface area contributed by atoms with Crippen LogP contribution in [-0.4, -0.2) is 19.1 Å². The smallest absolute Gasteiger partial charge is 0.262 e. The molecule has 0 fully saturated rings. The van der Waals surface area contributed by atoms with Crippen LogP contribution in [0.4, 0.5) is 5.00 Å². The van der Waals surface area contributed by atoms with E-state index in [1.807, 2.05) is 19.1 Å². The number of hydrogen-bond donors (Lipinski definition) is 1. The van der Waals surface area contributed by atoms with Crippen molar-refractivity contribution in [3.8, 4) is 23.6 Å². The number of nitriles is 2. The average molecular weight is 327 g/mol. The SMILES string of the molecule is CCOc1cc(C#N)ccc1OCC(=O)Nc1sccc1C#N. The minimum absolute atomic E-state index is 0.227. The fourth-order valence-corrected chi connectivity index (χ4v) is 2.52. The lowest BCUT2D eigenvalue weighted by Gasteiger charge is -2.12. The van der Waals surface area contributed by atoms with Gasteiger partial charge in [0.2, 0.25) is 0 Å². The Bertz CT molecular complexity index is 787. The Morgan fingerprint density at radius 1 is 1.22 bits per heavy atom. The van der Waals surface area contributed by atoms with Gasteiger partial charge in [-0.05, 0) is 30.5 Å².